The van der Waals surface area contributed by atoms with E-state index in [1.54, 1.807) is 14.2 Å². The van der Waals surface area contributed by atoms with Gasteiger partial charge in [0.15, 0.2) is 0 Å². The maximum Gasteiger partial charge on any atom is 0.259 e. The maximum absolute atomic E-state index is 9.47. The van der Waals surface area contributed by atoms with E-state index in [-0.39, 0.29) is 31.7 Å². The number of nitriles is 2. The zero-order chi connectivity index (χ0) is 42.9. The molecular formula is C50H53N4O6P. The molecule has 0 saturated carbocycles. The fraction of sp³-hybridized carbons (Fsp3) is 0.320. The molecule has 11 heteroatoms. The highest BCUT2D eigenvalue weighted by Gasteiger charge is 2.45. The van der Waals surface area contributed by atoms with E-state index in [1.807, 2.05) is 91.0 Å². The summed E-state index contributed by atoms with van der Waals surface area (Å²) in [6.07, 6.45) is 2.62. The fourth-order valence-electron chi connectivity index (χ4n) is 8.38. The Balaban J connectivity index is 1.35. The first-order valence-electron chi connectivity index (χ1n) is 20.7. The lowest BCUT2D eigenvalue weighted by Crippen LogP contribution is -2.39. The quantitative estimate of drug-likeness (QED) is 0.0361. The van der Waals surface area contributed by atoms with Crippen LogP contribution < -0.4 is 9.47 Å². The van der Waals surface area contributed by atoms with E-state index in [4.69, 9.17) is 28.0 Å². The molecular weight excluding hydrogens is 784 g/mol. The highest BCUT2D eigenvalue weighted by atomic mass is 31.2. The summed E-state index contributed by atoms with van der Waals surface area (Å²) in [6.45, 7) is 8.94. The number of methoxy groups -OCH3 is 2. The lowest BCUT2D eigenvalue weighted by molar-refractivity contribution is -0.0904. The number of allylic oxidation sites excluding steroid dienone is 1. The molecule has 5 aromatic carbocycles. The minimum absolute atomic E-state index is 0.110. The van der Waals surface area contributed by atoms with Crippen molar-refractivity contribution in [2.75, 3.05) is 27.4 Å². The van der Waals surface area contributed by atoms with E-state index in [9.17, 15) is 10.5 Å². The second-order valence-electron chi connectivity index (χ2n) is 15.5. The molecule has 4 atom stereocenters. The minimum Gasteiger partial charge on any atom is -0.497 e. The summed E-state index contributed by atoms with van der Waals surface area (Å²) in [5, 5.41) is 20.9. The molecule has 6 aromatic rings. The average Bonchev–Trinajstić information content (AvgIpc) is 3.83. The van der Waals surface area contributed by atoms with Crippen molar-refractivity contribution in [1.82, 2.24) is 9.24 Å². The number of ether oxygens (including phenoxy) is 4. The predicted octanol–water partition coefficient (Wildman–Crippen LogP) is 11.3. The first-order valence-corrected chi connectivity index (χ1v) is 21.8. The standard InChI is InChI=1S/C50H53N4O6P/c1-35(2)54(36(3)4)61(58-31-13-30-52)60-47-33-49(53-45-18-11-10-17-43(45)44-32-37(14-12-29-51)19-28-46(44)53)59-48(47)34-57-50(38-15-8-7-9-16-38,39-20-24-41(55-5)25-21-39)40-22-26-42(56-6)27-23-40/h7-12,14-28,32,35-36,47-49H,13,31,33-34H2,1-6H3/b14-12+/t47-,48+,49+,61?/m0/s1. The lowest BCUT2D eigenvalue weighted by Gasteiger charge is -2.39. The van der Waals surface area contributed by atoms with Crippen LogP contribution in [0.15, 0.2) is 127 Å². The molecule has 1 fully saturated rings. The van der Waals surface area contributed by atoms with Gasteiger partial charge in [0, 0.05) is 35.4 Å². The molecule has 0 spiro atoms. The number of rotatable bonds is 18. The Morgan fingerprint density at radius 3 is 2.00 bits per heavy atom. The van der Waals surface area contributed by atoms with Gasteiger partial charge in [0.1, 0.15) is 29.4 Å². The second kappa shape index (κ2) is 19.9. The Hall–Kier alpha value is -5.55. The van der Waals surface area contributed by atoms with Gasteiger partial charge in [0.05, 0.1) is 63.1 Å². The molecule has 0 N–H and O–H groups in total. The molecule has 1 saturated heterocycles. The van der Waals surface area contributed by atoms with Crippen LogP contribution in [0.25, 0.3) is 27.9 Å². The number of hydrogen-bond donors (Lipinski definition) is 0. The van der Waals surface area contributed by atoms with Crippen LogP contribution in [0.2, 0.25) is 0 Å². The van der Waals surface area contributed by atoms with Crippen LogP contribution in [0.3, 0.4) is 0 Å². The van der Waals surface area contributed by atoms with Gasteiger partial charge in [0.25, 0.3) is 8.53 Å². The molecule has 2 heterocycles. The number of fused-ring (bicyclic) bond motifs is 3. The van der Waals surface area contributed by atoms with Crippen molar-refractivity contribution in [3.8, 4) is 23.6 Å². The van der Waals surface area contributed by atoms with E-state index in [0.29, 0.717) is 6.42 Å². The zero-order valence-electron chi connectivity index (χ0n) is 35.6. The zero-order valence-corrected chi connectivity index (χ0v) is 36.5. The van der Waals surface area contributed by atoms with Crippen LogP contribution in [-0.2, 0) is 24.1 Å². The Morgan fingerprint density at radius 1 is 0.787 bits per heavy atom. The van der Waals surface area contributed by atoms with Crippen LogP contribution in [0.5, 0.6) is 11.5 Å². The number of para-hydroxylation sites is 1. The van der Waals surface area contributed by atoms with Gasteiger partial charge in [0.2, 0.25) is 0 Å². The highest BCUT2D eigenvalue weighted by Crippen LogP contribution is 2.51. The van der Waals surface area contributed by atoms with Gasteiger partial charge < -0.3 is 32.6 Å². The Morgan fingerprint density at radius 2 is 1.39 bits per heavy atom. The predicted molar refractivity (Wildman–Crippen MR) is 241 cm³/mol. The molecule has 314 valence electrons. The molecule has 1 aliphatic rings. The molecule has 1 aromatic heterocycles. The maximum atomic E-state index is 9.47. The molecule has 1 aliphatic heterocycles. The van der Waals surface area contributed by atoms with Crippen molar-refractivity contribution in [1.29, 1.82) is 10.5 Å². The van der Waals surface area contributed by atoms with Crippen molar-refractivity contribution in [3.05, 3.63) is 150 Å². The lowest BCUT2D eigenvalue weighted by atomic mass is 9.80. The molecule has 7 rings (SSSR count). The second-order valence-corrected chi connectivity index (χ2v) is 16.9. The number of hydrogen-bond acceptors (Lipinski definition) is 9. The van der Waals surface area contributed by atoms with Crippen LogP contribution in [0.4, 0.5) is 0 Å². The van der Waals surface area contributed by atoms with Crippen molar-refractivity contribution in [2.45, 2.75) is 76.7 Å². The summed E-state index contributed by atoms with van der Waals surface area (Å²) < 4.78 is 44.0. The SMILES string of the molecule is COc1ccc(C(OC[C@H]2O[C@@H](n3c4ccccc4c4cc(/C=C/C#N)ccc43)C[C@@H]2OP(OCCC#N)N(C(C)C)C(C)C)(c2ccccc2)c2ccc(OC)cc2)cc1. The van der Waals surface area contributed by atoms with Gasteiger partial charge in [-0.15, -0.1) is 0 Å². The summed E-state index contributed by atoms with van der Waals surface area (Å²) in [4.78, 5) is 0. The Bertz CT molecular complexity index is 2440. The van der Waals surface area contributed by atoms with Gasteiger partial charge in [-0.1, -0.05) is 78.9 Å². The van der Waals surface area contributed by atoms with Crippen molar-refractivity contribution >= 4 is 36.4 Å². The van der Waals surface area contributed by atoms with Crippen LogP contribution >= 0.6 is 8.53 Å². The molecule has 0 bridgehead atoms. The molecule has 0 amide bonds. The summed E-state index contributed by atoms with van der Waals surface area (Å²) in [6, 6.07) is 45.4. The first kappa shape index (κ1) is 43.5. The minimum atomic E-state index is -1.61. The topological polar surface area (TPSA) is 111 Å². The van der Waals surface area contributed by atoms with E-state index >= 15 is 0 Å². The van der Waals surface area contributed by atoms with Crippen molar-refractivity contribution < 1.29 is 28.0 Å². The molecule has 0 aliphatic carbocycles. The summed E-state index contributed by atoms with van der Waals surface area (Å²) >= 11 is 0. The van der Waals surface area contributed by atoms with Gasteiger partial charge in [-0.05, 0) is 98.5 Å². The normalized spacial score (nSPS) is 17.4. The number of nitrogens with zero attached hydrogens (tertiary/aromatic N) is 4. The van der Waals surface area contributed by atoms with Gasteiger partial charge in [-0.2, -0.15) is 10.5 Å². The van der Waals surface area contributed by atoms with Crippen LogP contribution in [-0.4, -0.2) is 61.0 Å². The highest BCUT2D eigenvalue weighted by molar-refractivity contribution is 7.44. The van der Waals surface area contributed by atoms with E-state index in [1.165, 1.54) is 6.08 Å². The van der Waals surface area contributed by atoms with Crippen LogP contribution in [0.1, 0.15) is 69.0 Å². The monoisotopic (exact) mass is 836 g/mol. The third-order valence-electron chi connectivity index (χ3n) is 11.1. The Labute approximate surface area is 360 Å². The van der Waals surface area contributed by atoms with E-state index in [0.717, 1.165) is 55.6 Å². The summed E-state index contributed by atoms with van der Waals surface area (Å²) in [5.74, 6) is 1.47. The number of benzene rings is 5. The summed E-state index contributed by atoms with van der Waals surface area (Å²) in [7, 11) is 1.71. The molecule has 0 radical (unpaired) electrons. The third kappa shape index (κ3) is 9.22. The smallest absolute Gasteiger partial charge is 0.259 e. The van der Waals surface area contributed by atoms with Gasteiger partial charge >= 0.3 is 0 Å². The van der Waals surface area contributed by atoms with Crippen molar-refractivity contribution in [3.63, 3.8) is 0 Å². The van der Waals surface area contributed by atoms with Crippen molar-refractivity contribution in [2.24, 2.45) is 0 Å². The third-order valence-corrected chi connectivity index (χ3v) is 13.2. The molecule has 10 nitrogen and oxygen atoms in total. The summed E-state index contributed by atoms with van der Waals surface area (Å²) in [5.41, 5.74) is 4.65. The first-order chi connectivity index (χ1) is 29.7. The molecule has 1 unspecified atom stereocenters. The fourth-order valence-corrected chi connectivity index (χ4v) is 10.1. The Kier molecular flexibility index (Phi) is 14.2. The van der Waals surface area contributed by atoms with Gasteiger partial charge in [-0.25, -0.2) is 4.67 Å². The molecule has 61 heavy (non-hydrogen) atoms. The largest absolute Gasteiger partial charge is 0.497 e. The van der Waals surface area contributed by atoms with Gasteiger partial charge in [-0.3, -0.25) is 0 Å². The number of aromatic nitrogens is 1. The van der Waals surface area contributed by atoms with E-state index in [2.05, 4.69) is 85.5 Å². The average molecular weight is 837 g/mol. The van der Waals surface area contributed by atoms with E-state index < -0.39 is 32.6 Å². The van der Waals surface area contributed by atoms with Crippen LogP contribution in [0, 0.1) is 22.7 Å².